The van der Waals surface area contributed by atoms with Crippen molar-refractivity contribution in [2.75, 3.05) is 35.5 Å². The number of ether oxygens (including phenoxy) is 2. The fraction of sp³-hybridized carbons (Fsp3) is 0.211. The Kier molecular flexibility index (Phi) is 13.4. The summed E-state index contributed by atoms with van der Waals surface area (Å²) in [7, 11) is 2.95. The molecule has 0 bridgehead atoms. The molecule has 0 radical (unpaired) electrons. The third-order valence-electron chi connectivity index (χ3n) is 7.29. The second-order valence-electron chi connectivity index (χ2n) is 11.7. The van der Waals surface area contributed by atoms with Crippen molar-refractivity contribution >= 4 is 34.8 Å². The summed E-state index contributed by atoms with van der Waals surface area (Å²) in [4.78, 5) is 32.3. The number of amides is 2. The predicted octanol–water partition coefficient (Wildman–Crippen LogP) is 9.15. The number of nitrogens with zero attached hydrogens (tertiary/aromatic N) is 2. The average molecular weight is 755 g/mol. The summed E-state index contributed by atoms with van der Waals surface area (Å²) in [5, 5.41) is 10.4. The molecule has 5 rings (SSSR count). The number of pyridine rings is 2. The van der Waals surface area contributed by atoms with Gasteiger partial charge in [-0.05, 0) is 55.8 Å². The highest BCUT2D eigenvalue weighted by Gasteiger charge is 2.36. The number of nitrogens with one attached hydrogen (secondary N) is 4. The van der Waals surface area contributed by atoms with E-state index >= 15 is 0 Å². The van der Waals surface area contributed by atoms with Crippen LogP contribution in [-0.4, -0.2) is 42.0 Å². The standard InChI is InChI=1S/C21H18F3N3O2.C17H18F3N3O2/c1-29-17-9-5-8-16(11-17)27-20(28)15-10-18(21(22,23)24)19(26-13-15)25-12-14-6-3-2-4-7-14;1-10(2)22-15-14(17(18,19)20)7-11(9-21-15)16(24)23-12-5-4-6-13(8-12)25-3/h2-11,13H,12H2,1H3,(H,25,26)(H,27,28);4-10H,1-3H3,(H,21,22)(H,23,24). The van der Waals surface area contributed by atoms with Crippen LogP contribution >= 0.6 is 0 Å². The Labute approximate surface area is 306 Å². The van der Waals surface area contributed by atoms with Gasteiger partial charge in [-0.2, -0.15) is 26.3 Å². The smallest absolute Gasteiger partial charge is 0.419 e. The van der Waals surface area contributed by atoms with Crippen molar-refractivity contribution < 1.29 is 45.4 Å². The molecule has 16 heteroatoms. The van der Waals surface area contributed by atoms with Gasteiger partial charge in [0.25, 0.3) is 11.8 Å². The van der Waals surface area contributed by atoms with Crippen molar-refractivity contribution in [3.05, 3.63) is 131 Å². The molecule has 2 heterocycles. The number of alkyl halides is 6. The van der Waals surface area contributed by atoms with Gasteiger partial charge in [-0.1, -0.05) is 42.5 Å². The number of anilines is 4. The number of rotatable bonds is 11. The third kappa shape index (κ3) is 11.6. The molecule has 54 heavy (non-hydrogen) atoms. The molecule has 0 aliphatic heterocycles. The molecule has 0 aliphatic rings. The van der Waals surface area contributed by atoms with Crippen molar-refractivity contribution in [3.63, 3.8) is 0 Å². The average Bonchev–Trinajstić information content (AvgIpc) is 3.13. The van der Waals surface area contributed by atoms with Crippen LogP contribution in [0.3, 0.4) is 0 Å². The summed E-state index contributed by atoms with van der Waals surface area (Å²) >= 11 is 0. The molecule has 5 aromatic rings. The topological polar surface area (TPSA) is 127 Å². The number of hydrogen-bond acceptors (Lipinski definition) is 8. The highest BCUT2D eigenvalue weighted by molar-refractivity contribution is 6.05. The van der Waals surface area contributed by atoms with Gasteiger partial charge in [0.05, 0.1) is 36.5 Å². The zero-order valence-corrected chi connectivity index (χ0v) is 29.4. The minimum atomic E-state index is -4.67. The number of benzene rings is 3. The van der Waals surface area contributed by atoms with E-state index in [9.17, 15) is 35.9 Å². The summed E-state index contributed by atoms with van der Waals surface area (Å²) in [6.07, 6.45) is -7.08. The van der Waals surface area contributed by atoms with Crippen LogP contribution in [0.2, 0.25) is 0 Å². The number of carbonyl (C=O) groups is 2. The monoisotopic (exact) mass is 754 g/mol. The first-order valence-electron chi connectivity index (χ1n) is 16.2. The van der Waals surface area contributed by atoms with E-state index < -0.39 is 35.3 Å². The van der Waals surface area contributed by atoms with E-state index in [1.807, 2.05) is 6.07 Å². The molecular formula is C38H36F6N6O4. The Bertz CT molecular complexity index is 2040. The lowest BCUT2D eigenvalue weighted by Crippen LogP contribution is -2.19. The molecule has 2 aromatic heterocycles. The van der Waals surface area contributed by atoms with Crippen LogP contribution in [0, 0.1) is 0 Å². The van der Waals surface area contributed by atoms with Gasteiger partial charge in [0.2, 0.25) is 0 Å². The summed E-state index contributed by atoms with van der Waals surface area (Å²) in [5.41, 5.74) is -0.778. The maximum atomic E-state index is 13.5. The van der Waals surface area contributed by atoms with Crippen molar-refractivity contribution in [2.24, 2.45) is 0 Å². The van der Waals surface area contributed by atoms with Crippen molar-refractivity contribution in [1.82, 2.24) is 9.97 Å². The van der Waals surface area contributed by atoms with Crippen LogP contribution in [0.15, 0.2) is 103 Å². The van der Waals surface area contributed by atoms with Gasteiger partial charge < -0.3 is 30.7 Å². The lowest BCUT2D eigenvalue weighted by Gasteiger charge is -2.16. The molecule has 0 spiro atoms. The van der Waals surface area contributed by atoms with Crippen molar-refractivity contribution in [2.45, 2.75) is 38.8 Å². The highest BCUT2D eigenvalue weighted by atomic mass is 19.4. The number of halogens is 6. The second-order valence-corrected chi connectivity index (χ2v) is 11.7. The molecular weight excluding hydrogens is 718 g/mol. The molecule has 0 unspecified atom stereocenters. The fourth-order valence-corrected chi connectivity index (χ4v) is 4.73. The Balaban J connectivity index is 0.000000244. The van der Waals surface area contributed by atoms with Crippen molar-refractivity contribution in [1.29, 1.82) is 0 Å². The third-order valence-corrected chi connectivity index (χ3v) is 7.29. The normalized spacial score (nSPS) is 11.2. The van der Waals surface area contributed by atoms with E-state index in [-0.39, 0.29) is 35.3 Å². The maximum absolute atomic E-state index is 13.5. The molecule has 2 amide bonds. The van der Waals surface area contributed by atoms with Crippen LogP contribution in [0.5, 0.6) is 11.5 Å². The van der Waals surface area contributed by atoms with E-state index in [1.54, 1.807) is 86.6 Å². The summed E-state index contributed by atoms with van der Waals surface area (Å²) in [6.45, 7) is 3.57. The molecule has 10 nitrogen and oxygen atoms in total. The van der Waals surface area contributed by atoms with E-state index in [1.165, 1.54) is 14.2 Å². The maximum Gasteiger partial charge on any atom is 0.419 e. The summed E-state index contributed by atoms with van der Waals surface area (Å²) < 4.78 is 90.4. The second kappa shape index (κ2) is 17.9. The van der Waals surface area contributed by atoms with Crippen molar-refractivity contribution in [3.8, 4) is 11.5 Å². The van der Waals surface area contributed by atoms with E-state index in [0.717, 1.165) is 30.1 Å². The van der Waals surface area contributed by atoms with Gasteiger partial charge in [0, 0.05) is 48.5 Å². The van der Waals surface area contributed by atoms with Gasteiger partial charge in [0.1, 0.15) is 23.1 Å². The first-order chi connectivity index (χ1) is 25.6. The lowest BCUT2D eigenvalue weighted by molar-refractivity contribution is -0.138. The van der Waals surface area contributed by atoms with Crippen LogP contribution < -0.4 is 30.7 Å². The van der Waals surface area contributed by atoms with Gasteiger partial charge in [-0.3, -0.25) is 9.59 Å². The Hall–Kier alpha value is -6.32. The highest BCUT2D eigenvalue weighted by Crippen LogP contribution is 2.36. The van der Waals surface area contributed by atoms with Crippen LogP contribution in [0.1, 0.15) is 51.3 Å². The van der Waals surface area contributed by atoms with Gasteiger partial charge in [-0.15, -0.1) is 0 Å². The van der Waals surface area contributed by atoms with Crippen LogP contribution in [0.4, 0.5) is 49.4 Å². The SMILES string of the molecule is COc1cccc(NC(=O)c2cnc(NC(C)C)c(C(F)(F)F)c2)c1.COc1cccc(NC(=O)c2cnc(NCc3ccccc3)c(C(F)(F)F)c2)c1. The number of methoxy groups -OCH3 is 2. The Morgan fingerprint density at radius 1 is 0.648 bits per heavy atom. The van der Waals surface area contributed by atoms with E-state index in [2.05, 4.69) is 31.2 Å². The largest absolute Gasteiger partial charge is 0.497 e. The Morgan fingerprint density at radius 3 is 1.56 bits per heavy atom. The van der Waals surface area contributed by atoms with Crippen LogP contribution in [-0.2, 0) is 18.9 Å². The summed E-state index contributed by atoms with van der Waals surface area (Å²) in [5.74, 6) is -1.01. The molecule has 3 aromatic carbocycles. The minimum Gasteiger partial charge on any atom is -0.497 e. The minimum absolute atomic E-state index is 0.173. The number of hydrogen-bond donors (Lipinski definition) is 4. The quantitative estimate of drug-likeness (QED) is 0.0985. The van der Waals surface area contributed by atoms with Crippen LogP contribution in [0.25, 0.3) is 0 Å². The molecule has 0 atom stereocenters. The first-order valence-corrected chi connectivity index (χ1v) is 16.2. The first kappa shape index (κ1) is 40.5. The molecule has 4 N–H and O–H groups in total. The summed E-state index contributed by atoms with van der Waals surface area (Å²) in [6, 6.07) is 23.3. The number of carbonyl (C=O) groups excluding carboxylic acids is 2. The fourth-order valence-electron chi connectivity index (χ4n) is 4.73. The van der Waals surface area contributed by atoms with E-state index in [0.29, 0.717) is 22.9 Å². The zero-order valence-electron chi connectivity index (χ0n) is 29.4. The molecule has 0 aliphatic carbocycles. The van der Waals surface area contributed by atoms with Gasteiger partial charge >= 0.3 is 12.4 Å². The predicted molar refractivity (Wildman–Crippen MR) is 193 cm³/mol. The zero-order chi connectivity index (χ0) is 39.5. The molecule has 0 fully saturated rings. The lowest BCUT2D eigenvalue weighted by atomic mass is 10.1. The van der Waals surface area contributed by atoms with Gasteiger partial charge in [0.15, 0.2) is 0 Å². The molecule has 284 valence electrons. The molecule has 0 saturated heterocycles. The Morgan fingerprint density at radius 2 is 1.11 bits per heavy atom. The molecule has 0 saturated carbocycles. The van der Waals surface area contributed by atoms with E-state index in [4.69, 9.17) is 9.47 Å². The van der Waals surface area contributed by atoms with Gasteiger partial charge in [-0.25, -0.2) is 9.97 Å². The number of aromatic nitrogens is 2.